The number of aromatic nitrogens is 1. The number of nitrogens with zero attached hydrogens (tertiary/aromatic N) is 2. The Morgan fingerprint density at radius 2 is 2.20 bits per heavy atom. The number of carbonyl (C=O) groups excluding carboxylic acids is 1. The predicted molar refractivity (Wildman–Crippen MR) is 77.0 cm³/mol. The Kier molecular flexibility index (Phi) is 5.35. The van der Waals surface area contributed by atoms with Crippen LogP contribution in [-0.4, -0.2) is 22.3 Å². The summed E-state index contributed by atoms with van der Waals surface area (Å²) >= 11 is 0. The second-order valence-electron chi connectivity index (χ2n) is 4.75. The molecule has 2 aromatic rings. The maximum Gasteiger partial charge on any atom is 0.228 e. The third kappa shape index (κ3) is 4.23. The van der Waals surface area contributed by atoms with Crippen molar-refractivity contribution < 1.29 is 9.21 Å². The van der Waals surface area contributed by atoms with Crippen molar-refractivity contribution in [2.45, 2.75) is 32.7 Å². The number of hydrogen-bond acceptors (Lipinski definition) is 3. The van der Waals surface area contributed by atoms with E-state index in [2.05, 4.69) is 11.9 Å². The van der Waals surface area contributed by atoms with Gasteiger partial charge in [0.15, 0.2) is 0 Å². The Bertz CT molecular complexity index is 509. The van der Waals surface area contributed by atoms with Gasteiger partial charge in [-0.25, -0.2) is 0 Å². The van der Waals surface area contributed by atoms with Crippen LogP contribution in [0.25, 0.3) is 0 Å². The minimum absolute atomic E-state index is 0.0913. The number of amides is 1. The first-order valence-electron chi connectivity index (χ1n) is 6.99. The van der Waals surface area contributed by atoms with Gasteiger partial charge in [0.2, 0.25) is 5.91 Å². The smallest absolute Gasteiger partial charge is 0.228 e. The first-order valence-corrected chi connectivity index (χ1v) is 6.99. The number of pyridine rings is 1. The lowest BCUT2D eigenvalue weighted by molar-refractivity contribution is -0.131. The fourth-order valence-corrected chi connectivity index (χ4v) is 2.00. The number of rotatable bonds is 7. The summed E-state index contributed by atoms with van der Waals surface area (Å²) in [6.07, 6.45) is 5.74. The molecule has 0 N–H and O–H groups in total. The zero-order valence-corrected chi connectivity index (χ0v) is 11.8. The molecule has 0 aliphatic heterocycles. The molecule has 0 saturated heterocycles. The summed E-state index contributed by atoms with van der Waals surface area (Å²) in [5, 5.41) is 0. The molecule has 0 unspecified atom stereocenters. The first-order chi connectivity index (χ1) is 9.79. The highest BCUT2D eigenvalue weighted by Crippen LogP contribution is 2.09. The maximum atomic E-state index is 12.4. The molecule has 0 radical (unpaired) electrons. The zero-order chi connectivity index (χ0) is 14.2. The number of furan rings is 1. The molecular weight excluding hydrogens is 252 g/mol. The quantitative estimate of drug-likeness (QED) is 0.778. The molecule has 20 heavy (non-hydrogen) atoms. The van der Waals surface area contributed by atoms with Gasteiger partial charge < -0.3 is 9.32 Å². The summed E-state index contributed by atoms with van der Waals surface area (Å²) < 4.78 is 5.33. The van der Waals surface area contributed by atoms with E-state index in [-0.39, 0.29) is 5.91 Å². The van der Waals surface area contributed by atoms with E-state index in [1.807, 2.05) is 35.2 Å². The van der Waals surface area contributed by atoms with Crippen molar-refractivity contribution >= 4 is 5.91 Å². The van der Waals surface area contributed by atoms with Gasteiger partial charge in [0, 0.05) is 18.4 Å². The Balaban J connectivity index is 1.99. The third-order valence-corrected chi connectivity index (χ3v) is 3.12. The van der Waals surface area contributed by atoms with E-state index in [1.54, 1.807) is 12.5 Å². The van der Waals surface area contributed by atoms with Crippen molar-refractivity contribution in [1.29, 1.82) is 0 Å². The molecule has 4 heteroatoms. The average Bonchev–Trinajstić information content (AvgIpc) is 2.97. The average molecular weight is 272 g/mol. The van der Waals surface area contributed by atoms with Gasteiger partial charge in [-0.3, -0.25) is 9.78 Å². The first kappa shape index (κ1) is 14.3. The highest BCUT2D eigenvalue weighted by Gasteiger charge is 2.15. The summed E-state index contributed by atoms with van der Waals surface area (Å²) in [6.45, 7) is 3.40. The fraction of sp³-hybridized carbons (Fsp3) is 0.375. The molecule has 0 aromatic carbocycles. The molecule has 2 aromatic heterocycles. The zero-order valence-electron chi connectivity index (χ0n) is 11.8. The van der Waals surface area contributed by atoms with Crippen LogP contribution in [0.3, 0.4) is 0 Å². The monoisotopic (exact) mass is 272 g/mol. The van der Waals surface area contributed by atoms with E-state index >= 15 is 0 Å². The molecule has 0 spiro atoms. The fourth-order valence-electron chi connectivity index (χ4n) is 2.00. The molecule has 0 fully saturated rings. The molecule has 2 heterocycles. The van der Waals surface area contributed by atoms with E-state index < -0.39 is 0 Å². The van der Waals surface area contributed by atoms with Gasteiger partial charge >= 0.3 is 0 Å². The van der Waals surface area contributed by atoms with E-state index in [0.717, 1.165) is 30.8 Å². The topological polar surface area (TPSA) is 46.3 Å². The molecule has 2 rings (SSSR count). The van der Waals surface area contributed by atoms with Crippen LogP contribution in [0.2, 0.25) is 0 Å². The lowest BCUT2D eigenvalue weighted by Gasteiger charge is -2.21. The predicted octanol–water partition coefficient (Wildman–Crippen LogP) is 3.05. The Hall–Kier alpha value is -2.10. The van der Waals surface area contributed by atoms with Crippen LogP contribution >= 0.6 is 0 Å². The highest BCUT2D eigenvalue weighted by atomic mass is 16.3. The molecule has 0 bridgehead atoms. The van der Waals surface area contributed by atoms with Crippen molar-refractivity contribution in [2.75, 3.05) is 6.54 Å². The largest absolute Gasteiger partial charge is 0.467 e. The third-order valence-electron chi connectivity index (χ3n) is 3.12. The highest BCUT2D eigenvalue weighted by molar-refractivity contribution is 5.78. The van der Waals surface area contributed by atoms with Crippen LogP contribution in [0.4, 0.5) is 0 Å². The van der Waals surface area contributed by atoms with Crippen LogP contribution in [0, 0.1) is 0 Å². The number of carbonyl (C=O) groups is 1. The van der Waals surface area contributed by atoms with E-state index in [1.165, 1.54) is 0 Å². The summed E-state index contributed by atoms with van der Waals surface area (Å²) in [5.74, 6) is 0.907. The molecule has 0 aliphatic rings. The summed E-state index contributed by atoms with van der Waals surface area (Å²) in [6, 6.07) is 9.37. The molecule has 4 nitrogen and oxygen atoms in total. The van der Waals surface area contributed by atoms with Crippen molar-refractivity contribution in [3.8, 4) is 0 Å². The van der Waals surface area contributed by atoms with Gasteiger partial charge in [-0.2, -0.15) is 0 Å². The van der Waals surface area contributed by atoms with Crippen LogP contribution < -0.4 is 0 Å². The second kappa shape index (κ2) is 7.48. The van der Waals surface area contributed by atoms with Crippen LogP contribution in [-0.2, 0) is 17.8 Å². The lowest BCUT2D eigenvalue weighted by Crippen LogP contribution is -2.32. The van der Waals surface area contributed by atoms with Gasteiger partial charge in [-0.05, 0) is 30.7 Å². The molecule has 1 amide bonds. The second-order valence-corrected chi connectivity index (χ2v) is 4.75. The van der Waals surface area contributed by atoms with Gasteiger partial charge in [-0.15, -0.1) is 0 Å². The van der Waals surface area contributed by atoms with Crippen molar-refractivity contribution in [2.24, 2.45) is 0 Å². The Labute approximate surface area is 119 Å². The number of hydrogen-bond donors (Lipinski definition) is 0. The Morgan fingerprint density at radius 3 is 2.85 bits per heavy atom. The van der Waals surface area contributed by atoms with E-state index in [9.17, 15) is 4.79 Å². The summed E-state index contributed by atoms with van der Waals surface area (Å²) in [5.41, 5.74) is 0.804. The normalized spacial score (nSPS) is 10.4. The van der Waals surface area contributed by atoms with E-state index in [4.69, 9.17) is 4.42 Å². The van der Waals surface area contributed by atoms with Crippen molar-refractivity contribution in [1.82, 2.24) is 9.88 Å². The van der Waals surface area contributed by atoms with Crippen molar-refractivity contribution in [3.63, 3.8) is 0 Å². The summed E-state index contributed by atoms with van der Waals surface area (Å²) in [4.78, 5) is 18.4. The van der Waals surface area contributed by atoms with Crippen LogP contribution in [0.5, 0.6) is 0 Å². The van der Waals surface area contributed by atoms with Gasteiger partial charge in [0.25, 0.3) is 0 Å². The van der Waals surface area contributed by atoms with Crippen LogP contribution in [0.1, 0.15) is 31.2 Å². The Morgan fingerprint density at radius 1 is 1.30 bits per heavy atom. The molecule has 106 valence electrons. The van der Waals surface area contributed by atoms with Gasteiger partial charge in [0.1, 0.15) is 5.76 Å². The lowest BCUT2D eigenvalue weighted by atomic mass is 10.2. The standard InChI is InChI=1S/C16H20N2O2/c1-2-3-10-18(13-15-8-6-11-20-15)16(19)12-14-7-4-5-9-17-14/h4-9,11H,2-3,10,12-13H2,1H3. The number of unbranched alkanes of at least 4 members (excludes halogenated alkanes) is 1. The van der Waals surface area contributed by atoms with Crippen molar-refractivity contribution in [3.05, 3.63) is 54.2 Å². The van der Waals surface area contributed by atoms with E-state index in [0.29, 0.717) is 13.0 Å². The SMILES string of the molecule is CCCCN(Cc1ccco1)C(=O)Cc1ccccn1. The van der Waals surface area contributed by atoms with Gasteiger partial charge in [0.05, 0.1) is 19.2 Å². The minimum Gasteiger partial charge on any atom is -0.467 e. The van der Waals surface area contributed by atoms with Crippen LogP contribution in [0.15, 0.2) is 47.2 Å². The molecular formula is C16H20N2O2. The minimum atomic E-state index is 0.0913. The molecule has 0 saturated carbocycles. The summed E-state index contributed by atoms with van der Waals surface area (Å²) in [7, 11) is 0. The molecule has 0 atom stereocenters. The maximum absolute atomic E-state index is 12.4. The molecule has 0 aliphatic carbocycles. The van der Waals surface area contributed by atoms with Gasteiger partial charge in [-0.1, -0.05) is 19.4 Å².